The first kappa shape index (κ1) is 16.3. The number of hydrogen-bond donors (Lipinski definition) is 1. The Kier molecular flexibility index (Phi) is 6.23. The number of benzene rings is 2. The van der Waals surface area contributed by atoms with E-state index in [1.807, 2.05) is 25.1 Å². The fourth-order valence-electron chi connectivity index (χ4n) is 2.55. The van der Waals surface area contributed by atoms with E-state index in [1.165, 1.54) is 16.3 Å². The number of allylic oxidation sites excluding steroid dienone is 3. The molecule has 0 aliphatic rings. The Morgan fingerprint density at radius 3 is 2.77 bits per heavy atom. The van der Waals surface area contributed by atoms with Crippen LogP contribution in [0.15, 0.2) is 60.7 Å². The van der Waals surface area contributed by atoms with Crippen LogP contribution in [0.1, 0.15) is 25.3 Å². The van der Waals surface area contributed by atoms with Gasteiger partial charge in [-0.05, 0) is 36.6 Å². The minimum Gasteiger partial charge on any atom is -0.493 e. The Morgan fingerprint density at radius 1 is 1.18 bits per heavy atom. The van der Waals surface area contributed by atoms with Gasteiger partial charge in [-0.3, -0.25) is 0 Å². The number of ether oxygens (including phenoxy) is 1. The molecule has 2 nitrogen and oxygen atoms in total. The number of hydrogen-bond acceptors (Lipinski definition) is 2. The minimum absolute atomic E-state index is 0.214. The molecule has 0 saturated heterocycles. The van der Waals surface area contributed by atoms with Gasteiger partial charge in [-0.2, -0.15) is 0 Å². The van der Waals surface area contributed by atoms with Crippen LogP contribution in [0.25, 0.3) is 10.8 Å². The van der Waals surface area contributed by atoms with Gasteiger partial charge in [0.25, 0.3) is 0 Å². The number of aliphatic hydroxyl groups excluding tert-OH is 1. The average Bonchev–Trinajstić information content (AvgIpc) is 2.53. The van der Waals surface area contributed by atoms with E-state index in [-0.39, 0.29) is 6.61 Å². The van der Waals surface area contributed by atoms with Crippen LogP contribution in [-0.2, 0) is 6.42 Å². The molecule has 1 N–H and O–H groups in total. The van der Waals surface area contributed by atoms with Gasteiger partial charge in [0.2, 0.25) is 0 Å². The number of fused-ring (bicyclic) bond motifs is 1. The highest BCUT2D eigenvalue weighted by Crippen LogP contribution is 2.30. The number of rotatable bonds is 8. The summed E-state index contributed by atoms with van der Waals surface area (Å²) < 4.78 is 5.95. The zero-order valence-electron chi connectivity index (χ0n) is 13.2. The van der Waals surface area contributed by atoms with Crippen LogP contribution < -0.4 is 4.74 Å². The predicted octanol–water partition coefficient (Wildman–Crippen LogP) is 4.67. The summed E-state index contributed by atoms with van der Waals surface area (Å²) in [6.07, 6.45) is 6.46. The zero-order chi connectivity index (χ0) is 15.8. The Balaban J connectivity index is 2.30. The molecule has 0 saturated carbocycles. The SMILES string of the molecule is C=C(C=CC)Cc1c(OCCCCO)ccc2ccccc12. The lowest BCUT2D eigenvalue weighted by Crippen LogP contribution is -2.02. The van der Waals surface area contributed by atoms with Gasteiger partial charge in [-0.1, -0.05) is 54.6 Å². The van der Waals surface area contributed by atoms with E-state index in [9.17, 15) is 0 Å². The fourth-order valence-corrected chi connectivity index (χ4v) is 2.55. The van der Waals surface area contributed by atoms with Crippen LogP contribution in [0, 0.1) is 0 Å². The van der Waals surface area contributed by atoms with Gasteiger partial charge in [0, 0.05) is 18.6 Å². The van der Waals surface area contributed by atoms with Gasteiger partial charge in [0.15, 0.2) is 0 Å². The van der Waals surface area contributed by atoms with E-state index in [2.05, 4.69) is 36.9 Å². The number of unbranched alkanes of at least 4 members (excludes halogenated alkanes) is 1. The van der Waals surface area contributed by atoms with Gasteiger partial charge >= 0.3 is 0 Å². The first-order chi connectivity index (χ1) is 10.8. The monoisotopic (exact) mass is 296 g/mol. The lowest BCUT2D eigenvalue weighted by Gasteiger charge is -2.14. The van der Waals surface area contributed by atoms with E-state index in [4.69, 9.17) is 9.84 Å². The molecule has 2 aromatic rings. The van der Waals surface area contributed by atoms with Crippen molar-refractivity contribution in [3.05, 3.63) is 66.3 Å². The third-order valence-corrected chi connectivity index (χ3v) is 3.61. The predicted molar refractivity (Wildman–Crippen MR) is 93.4 cm³/mol. The smallest absolute Gasteiger partial charge is 0.123 e. The average molecular weight is 296 g/mol. The Labute approximate surface area is 132 Å². The van der Waals surface area contributed by atoms with Gasteiger partial charge in [-0.15, -0.1) is 0 Å². The lowest BCUT2D eigenvalue weighted by atomic mass is 9.97. The lowest BCUT2D eigenvalue weighted by molar-refractivity contribution is 0.252. The van der Waals surface area contributed by atoms with Crippen LogP contribution in [-0.4, -0.2) is 18.3 Å². The van der Waals surface area contributed by atoms with Crippen LogP contribution in [0.2, 0.25) is 0 Å². The molecule has 0 unspecified atom stereocenters. The van der Waals surface area contributed by atoms with Crippen molar-refractivity contribution in [2.24, 2.45) is 0 Å². The Bertz CT molecular complexity index is 656. The molecule has 2 heteroatoms. The van der Waals surface area contributed by atoms with Crippen LogP contribution in [0.3, 0.4) is 0 Å². The Hall–Kier alpha value is -2.06. The molecule has 0 heterocycles. The molecular weight excluding hydrogens is 272 g/mol. The maximum Gasteiger partial charge on any atom is 0.123 e. The summed E-state index contributed by atoms with van der Waals surface area (Å²) in [7, 11) is 0. The van der Waals surface area contributed by atoms with Gasteiger partial charge in [0.1, 0.15) is 5.75 Å². The van der Waals surface area contributed by atoms with E-state index >= 15 is 0 Å². The first-order valence-corrected chi connectivity index (χ1v) is 7.81. The second-order valence-corrected chi connectivity index (χ2v) is 5.38. The third kappa shape index (κ3) is 4.22. The summed E-state index contributed by atoms with van der Waals surface area (Å²) in [5, 5.41) is 11.3. The van der Waals surface area contributed by atoms with Crippen molar-refractivity contribution < 1.29 is 9.84 Å². The standard InChI is InChI=1S/C20H24O2/c1-3-8-16(2)15-19-18-10-5-4-9-17(18)11-12-20(19)22-14-7-6-13-21/h3-5,8-12,21H,2,6-7,13-15H2,1H3. The summed E-state index contributed by atoms with van der Waals surface area (Å²) in [6.45, 7) is 6.96. The van der Waals surface area contributed by atoms with Crippen molar-refractivity contribution in [1.29, 1.82) is 0 Å². The van der Waals surface area contributed by atoms with E-state index in [0.717, 1.165) is 30.6 Å². The van der Waals surface area contributed by atoms with Crippen molar-refractivity contribution in [2.45, 2.75) is 26.2 Å². The first-order valence-electron chi connectivity index (χ1n) is 7.81. The summed E-state index contributed by atoms with van der Waals surface area (Å²) in [4.78, 5) is 0. The molecule has 0 bridgehead atoms. The molecule has 116 valence electrons. The van der Waals surface area contributed by atoms with Crippen LogP contribution >= 0.6 is 0 Å². The fraction of sp³-hybridized carbons (Fsp3) is 0.300. The normalized spacial score (nSPS) is 11.2. The molecule has 0 atom stereocenters. The van der Waals surface area contributed by atoms with Crippen molar-refractivity contribution in [2.75, 3.05) is 13.2 Å². The van der Waals surface area contributed by atoms with Gasteiger partial charge in [-0.25, -0.2) is 0 Å². The van der Waals surface area contributed by atoms with Gasteiger partial charge in [0.05, 0.1) is 6.61 Å². The second kappa shape index (κ2) is 8.40. The molecule has 0 amide bonds. The third-order valence-electron chi connectivity index (χ3n) is 3.61. The van der Waals surface area contributed by atoms with Crippen molar-refractivity contribution >= 4 is 10.8 Å². The van der Waals surface area contributed by atoms with Crippen molar-refractivity contribution in [3.63, 3.8) is 0 Å². The zero-order valence-corrected chi connectivity index (χ0v) is 13.2. The summed E-state index contributed by atoms with van der Waals surface area (Å²) in [6, 6.07) is 12.5. The molecule has 2 rings (SSSR count). The van der Waals surface area contributed by atoms with Crippen LogP contribution in [0.4, 0.5) is 0 Å². The maximum absolute atomic E-state index is 8.86. The molecule has 0 fully saturated rings. The summed E-state index contributed by atoms with van der Waals surface area (Å²) >= 11 is 0. The quantitative estimate of drug-likeness (QED) is 0.567. The molecule has 0 aromatic heterocycles. The topological polar surface area (TPSA) is 29.5 Å². The highest BCUT2D eigenvalue weighted by molar-refractivity contribution is 5.88. The molecule has 0 radical (unpaired) electrons. The van der Waals surface area contributed by atoms with E-state index < -0.39 is 0 Å². The largest absolute Gasteiger partial charge is 0.493 e. The highest BCUT2D eigenvalue weighted by atomic mass is 16.5. The molecular formula is C20H24O2. The summed E-state index contributed by atoms with van der Waals surface area (Å²) in [5.74, 6) is 0.919. The van der Waals surface area contributed by atoms with E-state index in [0.29, 0.717) is 6.61 Å². The maximum atomic E-state index is 8.86. The van der Waals surface area contributed by atoms with Crippen molar-refractivity contribution in [3.8, 4) is 5.75 Å². The minimum atomic E-state index is 0.214. The highest BCUT2D eigenvalue weighted by Gasteiger charge is 2.09. The molecule has 22 heavy (non-hydrogen) atoms. The molecule has 2 aromatic carbocycles. The molecule has 0 aliphatic heterocycles. The van der Waals surface area contributed by atoms with Crippen molar-refractivity contribution in [1.82, 2.24) is 0 Å². The van der Waals surface area contributed by atoms with Crippen LogP contribution in [0.5, 0.6) is 5.75 Å². The Morgan fingerprint density at radius 2 is 2.00 bits per heavy atom. The second-order valence-electron chi connectivity index (χ2n) is 5.38. The van der Waals surface area contributed by atoms with E-state index in [1.54, 1.807) is 0 Å². The molecule has 0 aliphatic carbocycles. The molecule has 0 spiro atoms. The summed E-state index contributed by atoms with van der Waals surface area (Å²) in [5.41, 5.74) is 2.25. The van der Waals surface area contributed by atoms with Gasteiger partial charge < -0.3 is 9.84 Å². The number of aliphatic hydroxyl groups is 1.